The minimum Gasteiger partial charge on any atom is -0.466 e. The zero-order chi connectivity index (χ0) is 15.4. The topological polar surface area (TPSA) is 59.5 Å². The summed E-state index contributed by atoms with van der Waals surface area (Å²) >= 11 is 5.83. The fourth-order valence-corrected chi connectivity index (χ4v) is 2.31. The van der Waals surface area contributed by atoms with E-state index in [9.17, 15) is 9.59 Å². The highest BCUT2D eigenvalue weighted by atomic mass is 35.5. The first-order valence-electron chi connectivity index (χ1n) is 7.12. The molecule has 6 heteroatoms. The minimum absolute atomic E-state index is 0.113. The van der Waals surface area contributed by atoms with Crippen LogP contribution < -0.4 is 0 Å². The molecule has 0 aliphatic heterocycles. The number of amides is 1. The Bertz CT molecular complexity index is 531. The van der Waals surface area contributed by atoms with Crippen molar-refractivity contribution in [2.45, 2.75) is 32.7 Å². The van der Waals surface area contributed by atoms with Crippen molar-refractivity contribution in [3.63, 3.8) is 0 Å². The molecule has 0 aromatic carbocycles. The number of nitrogens with zero attached hydrogens (tertiary/aromatic N) is 2. The van der Waals surface area contributed by atoms with Crippen LogP contribution >= 0.6 is 11.6 Å². The van der Waals surface area contributed by atoms with Gasteiger partial charge in [-0.25, -0.2) is 4.98 Å². The molecule has 1 aromatic heterocycles. The van der Waals surface area contributed by atoms with Gasteiger partial charge in [-0.3, -0.25) is 9.59 Å². The second kappa shape index (κ2) is 6.89. The van der Waals surface area contributed by atoms with E-state index in [1.54, 1.807) is 30.9 Å². The highest BCUT2D eigenvalue weighted by Crippen LogP contribution is 2.29. The average Bonchev–Trinajstić information content (AvgIpc) is 3.28. The molecular weight excluding hydrogens is 292 g/mol. The van der Waals surface area contributed by atoms with Gasteiger partial charge < -0.3 is 9.64 Å². The van der Waals surface area contributed by atoms with E-state index in [1.807, 2.05) is 0 Å². The fraction of sp³-hybridized carbons (Fsp3) is 0.533. The van der Waals surface area contributed by atoms with Crippen LogP contribution in [0.3, 0.4) is 0 Å². The van der Waals surface area contributed by atoms with E-state index in [4.69, 9.17) is 16.3 Å². The lowest BCUT2D eigenvalue weighted by molar-refractivity contribution is -0.147. The van der Waals surface area contributed by atoms with Crippen molar-refractivity contribution in [2.24, 2.45) is 5.92 Å². The van der Waals surface area contributed by atoms with E-state index >= 15 is 0 Å². The normalized spacial score (nSPS) is 15.4. The number of hydrogen-bond acceptors (Lipinski definition) is 4. The number of hydrogen-bond donors (Lipinski definition) is 0. The summed E-state index contributed by atoms with van der Waals surface area (Å²) in [5.74, 6) is -0.728. The number of ether oxygens (including phenoxy) is 1. The first kappa shape index (κ1) is 15.8. The van der Waals surface area contributed by atoms with Crippen LogP contribution in [0, 0.1) is 5.92 Å². The van der Waals surface area contributed by atoms with E-state index in [0.717, 1.165) is 12.8 Å². The third-order valence-corrected chi connectivity index (χ3v) is 3.59. The molecule has 1 heterocycles. The van der Waals surface area contributed by atoms with Crippen LogP contribution in [-0.2, 0) is 9.53 Å². The molecular formula is C15H19ClN2O3. The molecule has 0 spiro atoms. The number of pyridine rings is 1. The van der Waals surface area contributed by atoms with Crippen molar-refractivity contribution in [1.29, 1.82) is 0 Å². The number of aromatic nitrogens is 1. The Kier molecular flexibility index (Phi) is 5.17. The maximum absolute atomic E-state index is 12.6. The van der Waals surface area contributed by atoms with Gasteiger partial charge in [-0.2, -0.15) is 0 Å². The van der Waals surface area contributed by atoms with Crippen LogP contribution in [0.25, 0.3) is 0 Å². The van der Waals surface area contributed by atoms with Crippen LogP contribution in [0.1, 0.15) is 37.0 Å². The molecule has 1 aliphatic rings. The average molecular weight is 311 g/mol. The Labute approximate surface area is 129 Å². The van der Waals surface area contributed by atoms with Crippen LogP contribution in [0.4, 0.5) is 0 Å². The van der Waals surface area contributed by atoms with Crippen molar-refractivity contribution in [3.05, 3.63) is 29.0 Å². The lowest BCUT2D eigenvalue weighted by atomic mass is 10.1. The number of rotatable bonds is 6. The predicted molar refractivity (Wildman–Crippen MR) is 79.1 cm³/mol. The maximum Gasteiger partial charge on any atom is 0.310 e. The number of esters is 1. The molecule has 21 heavy (non-hydrogen) atoms. The van der Waals surface area contributed by atoms with Crippen LogP contribution in [0.15, 0.2) is 18.3 Å². The summed E-state index contributed by atoms with van der Waals surface area (Å²) in [5, 5.41) is 0.287. The Morgan fingerprint density at radius 1 is 1.52 bits per heavy atom. The third kappa shape index (κ3) is 4.17. The first-order valence-corrected chi connectivity index (χ1v) is 7.50. The molecule has 2 rings (SSSR count). The van der Waals surface area contributed by atoms with Gasteiger partial charge in [-0.15, -0.1) is 0 Å². The molecule has 1 fully saturated rings. The zero-order valence-electron chi connectivity index (χ0n) is 12.2. The van der Waals surface area contributed by atoms with Gasteiger partial charge in [0.1, 0.15) is 5.15 Å². The largest absolute Gasteiger partial charge is 0.466 e. The molecule has 0 bridgehead atoms. The summed E-state index contributed by atoms with van der Waals surface area (Å²) in [6.07, 6.45) is 3.45. The Morgan fingerprint density at radius 2 is 2.24 bits per heavy atom. The Hall–Kier alpha value is -1.62. The molecule has 1 unspecified atom stereocenters. The smallest absolute Gasteiger partial charge is 0.310 e. The summed E-state index contributed by atoms with van der Waals surface area (Å²) < 4.78 is 5.00. The maximum atomic E-state index is 12.6. The highest BCUT2D eigenvalue weighted by Gasteiger charge is 2.35. The van der Waals surface area contributed by atoms with Gasteiger partial charge in [0.15, 0.2) is 0 Å². The lowest BCUT2D eigenvalue weighted by Crippen LogP contribution is -2.39. The standard InChI is InChI=1S/C15H19ClN2O3/c1-3-21-15(20)10(2)9-18(12-4-5-12)14(19)11-6-7-17-13(16)8-11/h6-8,10,12H,3-5,9H2,1-2H3. The van der Waals surface area contributed by atoms with E-state index in [0.29, 0.717) is 18.7 Å². The molecule has 0 saturated heterocycles. The predicted octanol–water partition coefficient (Wildman–Crippen LogP) is 2.54. The number of carbonyl (C=O) groups is 2. The molecule has 5 nitrogen and oxygen atoms in total. The van der Waals surface area contributed by atoms with Crippen molar-refractivity contribution in [3.8, 4) is 0 Å². The lowest BCUT2D eigenvalue weighted by Gasteiger charge is -2.25. The fourth-order valence-electron chi connectivity index (χ4n) is 2.14. The van der Waals surface area contributed by atoms with Gasteiger partial charge in [0.2, 0.25) is 0 Å². The second-order valence-corrected chi connectivity index (χ2v) is 5.60. The van der Waals surface area contributed by atoms with Crippen LogP contribution in [0.5, 0.6) is 0 Å². The van der Waals surface area contributed by atoms with Gasteiger partial charge >= 0.3 is 5.97 Å². The summed E-state index contributed by atoms with van der Waals surface area (Å²) in [7, 11) is 0. The molecule has 1 atom stereocenters. The number of halogens is 1. The van der Waals surface area contributed by atoms with Gasteiger partial charge in [-0.05, 0) is 31.9 Å². The molecule has 0 N–H and O–H groups in total. The van der Waals surface area contributed by atoms with Gasteiger partial charge in [0.05, 0.1) is 12.5 Å². The zero-order valence-corrected chi connectivity index (χ0v) is 13.0. The molecule has 1 amide bonds. The van der Waals surface area contributed by atoms with Gasteiger partial charge in [-0.1, -0.05) is 18.5 Å². The molecule has 114 valence electrons. The summed E-state index contributed by atoms with van der Waals surface area (Å²) in [6.45, 7) is 4.26. The second-order valence-electron chi connectivity index (χ2n) is 5.21. The summed E-state index contributed by atoms with van der Waals surface area (Å²) in [5.41, 5.74) is 0.498. The van der Waals surface area contributed by atoms with Gasteiger partial charge in [0.25, 0.3) is 5.91 Å². The molecule has 1 aliphatic carbocycles. The molecule has 1 saturated carbocycles. The minimum atomic E-state index is -0.341. The van der Waals surface area contributed by atoms with E-state index in [1.165, 1.54) is 6.20 Å². The van der Waals surface area contributed by atoms with Crippen molar-refractivity contribution in [1.82, 2.24) is 9.88 Å². The highest BCUT2D eigenvalue weighted by molar-refractivity contribution is 6.29. The summed E-state index contributed by atoms with van der Waals surface area (Å²) in [6, 6.07) is 3.40. The van der Waals surface area contributed by atoms with Crippen molar-refractivity contribution < 1.29 is 14.3 Å². The number of carbonyl (C=O) groups excluding carboxylic acids is 2. The summed E-state index contributed by atoms with van der Waals surface area (Å²) in [4.78, 5) is 29.9. The molecule has 0 radical (unpaired) electrons. The third-order valence-electron chi connectivity index (χ3n) is 3.38. The van der Waals surface area contributed by atoms with E-state index in [-0.39, 0.29) is 29.0 Å². The van der Waals surface area contributed by atoms with Crippen molar-refractivity contribution in [2.75, 3.05) is 13.2 Å². The SMILES string of the molecule is CCOC(=O)C(C)CN(C(=O)c1ccnc(Cl)c1)C1CC1. The van der Waals surface area contributed by atoms with Gasteiger partial charge in [0, 0.05) is 24.3 Å². The van der Waals surface area contributed by atoms with E-state index in [2.05, 4.69) is 4.98 Å². The Morgan fingerprint density at radius 3 is 2.81 bits per heavy atom. The quantitative estimate of drug-likeness (QED) is 0.598. The van der Waals surface area contributed by atoms with Crippen molar-refractivity contribution >= 4 is 23.5 Å². The first-order chi connectivity index (χ1) is 10.0. The van der Waals surface area contributed by atoms with Crippen LogP contribution in [-0.4, -0.2) is 41.0 Å². The van der Waals surface area contributed by atoms with E-state index < -0.39 is 0 Å². The Balaban J connectivity index is 2.08. The monoisotopic (exact) mass is 310 g/mol. The molecule has 1 aromatic rings. The van der Waals surface area contributed by atoms with Crippen LogP contribution in [0.2, 0.25) is 5.15 Å².